The summed E-state index contributed by atoms with van der Waals surface area (Å²) in [6.07, 6.45) is 12.1. The molecule has 2 aliphatic carbocycles. The lowest BCUT2D eigenvalue weighted by atomic mass is 10.0. The minimum Gasteiger partial charge on any atom is -0.339 e. The number of hydrogen-bond donors (Lipinski definition) is 2. The summed E-state index contributed by atoms with van der Waals surface area (Å²) in [5.41, 5.74) is 0. The second-order valence-electron chi connectivity index (χ2n) is 14.2. The molecule has 2 aliphatic heterocycles. The van der Waals surface area contributed by atoms with Gasteiger partial charge in [0.25, 0.3) is 0 Å². The highest BCUT2D eigenvalue weighted by atomic mass is 33.1. The fraction of sp³-hybridized carbons (Fsp3) is 0.882. The van der Waals surface area contributed by atoms with Crippen molar-refractivity contribution in [3.8, 4) is 0 Å². The van der Waals surface area contributed by atoms with E-state index >= 15 is 0 Å². The molecule has 0 unspecified atom stereocenters. The molecule has 4 rings (SSSR count). The van der Waals surface area contributed by atoms with Crippen LogP contribution in [0.15, 0.2) is 0 Å². The van der Waals surface area contributed by atoms with Gasteiger partial charge in [-0.3, -0.25) is 9.59 Å². The Morgan fingerprint density at radius 2 is 0.917 bits per heavy atom. The number of carbonyl (C=O) groups is 4. The van der Waals surface area contributed by atoms with E-state index in [1.807, 2.05) is 19.6 Å². The topological polar surface area (TPSA) is 112 Å². The van der Waals surface area contributed by atoms with Gasteiger partial charge in [0.15, 0.2) is 0 Å². The Morgan fingerprint density at radius 3 is 1.27 bits per heavy atom. The zero-order chi connectivity index (χ0) is 34.1. The van der Waals surface area contributed by atoms with Gasteiger partial charge in [0.05, 0.1) is 13.1 Å². The van der Waals surface area contributed by atoms with Crippen LogP contribution in [0.4, 0.5) is 9.59 Å². The molecule has 2 saturated heterocycles. The number of urea groups is 2. The first-order valence-electron chi connectivity index (χ1n) is 18.5. The largest absolute Gasteiger partial charge is 0.339 e. The van der Waals surface area contributed by atoms with Gasteiger partial charge in [-0.2, -0.15) is 0 Å². The lowest BCUT2D eigenvalue weighted by Crippen LogP contribution is -2.51. The van der Waals surface area contributed by atoms with Crippen molar-refractivity contribution in [1.82, 2.24) is 40.0 Å². The van der Waals surface area contributed by atoms with Gasteiger partial charge in [0, 0.05) is 90.0 Å². The van der Waals surface area contributed by atoms with Crippen LogP contribution >= 0.6 is 21.6 Å². The number of nitrogens with one attached hydrogen (secondary N) is 2. The van der Waals surface area contributed by atoms with Crippen molar-refractivity contribution in [3.63, 3.8) is 0 Å². The summed E-state index contributed by atoms with van der Waals surface area (Å²) >= 11 is 0. The molecule has 2 N–H and O–H groups in total. The molecule has 0 radical (unpaired) electrons. The predicted molar refractivity (Wildman–Crippen MR) is 196 cm³/mol. The maximum atomic E-state index is 13.2. The SMILES string of the molecule is CN1CCN(C(=O)CNC(=O)N(CCSSCCN(CCC2CCCC2)C(=O)NCC(=O)N2CCN(C)CC2)CCC2CCCC2)CC1. The molecule has 0 aromatic carbocycles. The Labute approximate surface area is 297 Å². The molecule has 0 spiro atoms. The minimum atomic E-state index is -0.151. The monoisotopic (exact) mass is 710 g/mol. The number of likely N-dealkylation sites (N-methyl/N-ethyl adjacent to an activating group) is 2. The zero-order valence-corrected chi connectivity index (χ0v) is 31.3. The Kier molecular flexibility index (Phi) is 17.3. The third-order valence-corrected chi connectivity index (χ3v) is 13.0. The first-order valence-corrected chi connectivity index (χ1v) is 21.0. The quantitative estimate of drug-likeness (QED) is 0.175. The van der Waals surface area contributed by atoms with Crippen molar-refractivity contribution in [2.45, 2.75) is 64.2 Å². The van der Waals surface area contributed by atoms with E-state index in [1.54, 1.807) is 21.6 Å². The van der Waals surface area contributed by atoms with E-state index in [-0.39, 0.29) is 37.0 Å². The summed E-state index contributed by atoms with van der Waals surface area (Å²) in [6.45, 7) is 9.05. The molecule has 274 valence electrons. The van der Waals surface area contributed by atoms with Gasteiger partial charge in [0.2, 0.25) is 11.8 Å². The molecule has 48 heavy (non-hydrogen) atoms. The van der Waals surface area contributed by atoms with E-state index in [0.717, 1.165) is 50.5 Å². The Hall–Kier alpha value is -1.90. The van der Waals surface area contributed by atoms with Crippen molar-refractivity contribution < 1.29 is 19.2 Å². The third kappa shape index (κ3) is 13.8. The molecule has 0 bridgehead atoms. The maximum absolute atomic E-state index is 13.2. The molecule has 2 saturated carbocycles. The molecular weight excluding hydrogens is 649 g/mol. The van der Waals surface area contributed by atoms with Gasteiger partial charge in [-0.15, -0.1) is 0 Å². The van der Waals surface area contributed by atoms with Gasteiger partial charge >= 0.3 is 12.1 Å². The molecule has 4 aliphatic rings. The first-order chi connectivity index (χ1) is 23.3. The lowest BCUT2D eigenvalue weighted by Gasteiger charge is -2.32. The standard InChI is InChI=1S/C34H62N8O4S2/c1-37-15-19-39(20-16-37)31(43)27-35-33(45)41(13-11-29-7-3-4-8-29)23-25-47-48-26-24-42(14-12-30-9-5-6-10-30)34(46)36-28-32(44)40-21-17-38(2)18-22-40/h29-30H,3-28H2,1-2H3,(H,35,45)(H,36,46). The smallest absolute Gasteiger partial charge is 0.317 e. The van der Waals surface area contributed by atoms with Crippen molar-refractivity contribution in [2.24, 2.45) is 11.8 Å². The number of hydrogen-bond acceptors (Lipinski definition) is 8. The highest BCUT2D eigenvalue weighted by molar-refractivity contribution is 8.76. The maximum Gasteiger partial charge on any atom is 0.317 e. The van der Waals surface area contributed by atoms with E-state index in [4.69, 9.17) is 0 Å². The van der Waals surface area contributed by atoms with E-state index in [0.29, 0.717) is 64.2 Å². The predicted octanol–water partition coefficient (Wildman–Crippen LogP) is 3.10. The van der Waals surface area contributed by atoms with Gasteiger partial charge in [-0.1, -0.05) is 73.0 Å². The van der Waals surface area contributed by atoms with Crippen molar-refractivity contribution in [1.29, 1.82) is 0 Å². The van der Waals surface area contributed by atoms with Crippen LogP contribution in [0, 0.1) is 11.8 Å². The average molecular weight is 711 g/mol. The van der Waals surface area contributed by atoms with Crippen molar-refractivity contribution >= 4 is 45.5 Å². The molecule has 12 nitrogen and oxygen atoms in total. The summed E-state index contributed by atoms with van der Waals surface area (Å²) in [7, 11) is 7.59. The highest BCUT2D eigenvalue weighted by Crippen LogP contribution is 2.29. The van der Waals surface area contributed by atoms with Gasteiger partial charge < -0.3 is 40.0 Å². The van der Waals surface area contributed by atoms with Crippen molar-refractivity contribution in [3.05, 3.63) is 0 Å². The summed E-state index contributed by atoms with van der Waals surface area (Å²) in [5, 5.41) is 5.82. The number of amides is 6. The molecule has 4 fully saturated rings. The number of piperazine rings is 2. The van der Waals surface area contributed by atoms with Crippen LogP contribution in [0.2, 0.25) is 0 Å². The van der Waals surface area contributed by atoms with Crippen molar-refractivity contribution in [2.75, 3.05) is 117 Å². The number of nitrogens with zero attached hydrogens (tertiary/aromatic N) is 6. The molecule has 0 aromatic heterocycles. The number of carbonyl (C=O) groups excluding carboxylic acids is 4. The van der Waals surface area contributed by atoms with E-state index < -0.39 is 0 Å². The summed E-state index contributed by atoms with van der Waals surface area (Å²) in [4.78, 5) is 63.8. The van der Waals surface area contributed by atoms with Crippen LogP contribution in [-0.2, 0) is 9.59 Å². The van der Waals surface area contributed by atoms with E-state index in [2.05, 4.69) is 34.5 Å². The zero-order valence-electron chi connectivity index (χ0n) is 29.7. The van der Waals surface area contributed by atoms with Crippen LogP contribution in [0.1, 0.15) is 64.2 Å². The Balaban J connectivity index is 1.18. The van der Waals surface area contributed by atoms with Crippen LogP contribution in [0.25, 0.3) is 0 Å². The normalized spacial score (nSPS) is 19.9. The first kappa shape index (κ1) is 38.9. The molecule has 0 aromatic rings. The number of rotatable bonds is 17. The average Bonchev–Trinajstić information content (AvgIpc) is 3.82. The fourth-order valence-electron chi connectivity index (χ4n) is 7.18. The summed E-state index contributed by atoms with van der Waals surface area (Å²) < 4.78 is 0. The molecule has 0 atom stereocenters. The Bertz CT molecular complexity index is 920. The summed E-state index contributed by atoms with van der Waals surface area (Å²) in [6, 6.07) is -0.302. The fourth-order valence-corrected chi connectivity index (χ4v) is 9.16. The van der Waals surface area contributed by atoms with Gasteiger partial charge in [0.1, 0.15) is 0 Å². The second kappa shape index (κ2) is 21.3. The van der Waals surface area contributed by atoms with E-state index in [1.165, 1.54) is 51.4 Å². The van der Waals surface area contributed by atoms with Crippen LogP contribution in [0.3, 0.4) is 0 Å². The third-order valence-electron chi connectivity index (χ3n) is 10.6. The summed E-state index contributed by atoms with van der Waals surface area (Å²) in [5.74, 6) is 2.91. The molecule has 6 amide bonds. The highest BCUT2D eigenvalue weighted by Gasteiger charge is 2.24. The molecule has 14 heteroatoms. The Morgan fingerprint density at radius 1 is 0.562 bits per heavy atom. The van der Waals surface area contributed by atoms with Gasteiger partial charge in [-0.05, 0) is 38.8 Å². The second-order valence-corrected chi connectivity index (χ2v) is 16.9. The molecular formula is C34H62N8O4S2. The van der Waals surface area contributed by atoms with Crippen LogP contribution in [-0.4, -0.2) is 171 Å². The molecule has 2 heterocycles. The van der Waals surface area contributed by atoms with Gasteiger partial charge in [-0.25, -0.2) is 9.59 Å². The van der Waals surface area contributed by atoms with Crippen LogP contribution < -0.4 is 10.6 Å². The lowest BCUT2D eigenvalue weighted by molar-refractivity contribution is -0.132. The minimum absolute atomic E-state index is 0.0117. The van der Waals surface area contributed by atoms with Crippen LogP contribution in [0.5, 0.6) is 0 Å². The van der Waals surface area contributed by atoms with E-state index in [9.17, 15) is 19.2 Å².